The standard InChI is InChI=1S/C17H22BrFN4/c1-20-17(21-8-7-13-5-4-6-15(19)9-13)23(3)12-16-10-14(18)11-22(16)2/h4-6,9-11H,7-8,12H2,1-3H3,(H,20,21). The number of halogens is 2. The van der Waals surface area contributed by atoms with E-state index in [4.69, 9.17) is 0 Å². The summed E-state index contributed by atoms with van der Waals surface area (Å²) in [5.74, 6) is 0.622. The Morgan fingerprint density at radius 3 is 2.78 bits per heavy atom. The van der Waals surface area contributed by atoms with Gasteiger partial charge in [0.1, 0.15) is 5.82 Å². The fourth-order valence-electron chi connectivity index (χ4n) is 2.44. The zero-order chi connectivity index (χ0) is 16.8. The Balaban J connectivity index is 1.88. The summed E-state index contributed by atoms with van der Waals surface area (Å²) in [6, 6.07) is 8.78. The molecule has 0 unspecified atom stereocenters. The molecule has 0 radical (unpaired) electrons. The van der Waals surface area contributed by atoms with Gasteiger partial charge in [0.15, 0.2) is 5.96 Å². The molecule has 2 rings (SSSR count). The van der Waals surface area contributed by atoms with Gasteiger partial charge in [0.05, 0.1) is 6.54 Å². The molecular weight excluding hydrogens is 359 g/mol. The van der Waals surface area contributed by atoms with E-state index in [-0.39, 0.29) is 5.82 Å². The maximum absolute atomic E-state index is 13.2. The molecule has 1 heterocycles. The van der Waals surface area contributed by atoms with E-state index in [0.717, 1.165) is 29.0 Å². The Bertz CT molecular complexity index is 681. The lowest BCUT2D eigenvalue weighted by atomic mass is 10.1. The Kier molecular flexibility index (Phi) is 6.21. The first-order valence-electron chi connectivity index (χ1n) is 7.46. The molecule has 0 saturated carbocycles. The second kappa shape index (κ2) is 8.15. The first kappa shape index (κ1) is 17.5. The molecule has 0 aliphatic heterocycles. The first-order valence-corrected chi connectivity index (χ1v) is 8.26. The maximum Gasteiger partial charge on any atom is 0.193 e. The van der Waals surface area contributed by atoms with Gasteiger partial charge in [-0.25, -0.2) is 4.39 Å². The summed E-state index contributed by atoms with van der Waals surface area (Å²) in [5, 5.41) is 3.32. The molecule has 2 aromatic rings. The second-order valence-electron chi connectivity index (χ2n) is 5.47. The maximum atomic E-state index is 13.2. The number of hydrogen-bond acceptors (Lipinski definition) is 1. The van der Waals surface area contributed by atoms with E-state index < -0.39 is 0 Å². The highest BCUT2D eigenvalue weighted by atomic mass is 79.9. The monoisotopic (exact) mass is 380 g/mol. The number of guanidine groups is 1. The zero-order valence-corrected chi connectivity index (χ0v) is 15.3. The lowest BCUT2D eigenvalue weighted by Gasteiger charge is -2.22. The number of nitrogens with zero attached hydrogens (tertiary/aromatic N) is 3. The van der Waals surface area contributed by atoms with Gasteiger partial charge in [-0.1, -0.05) is 12.1 Å². The van der Waals surface area contributed by atoms with E-state index >= 15 is 0 Å². The average molecular weight is 381 g/mol. The second-order valence-corrected chi connectivity index (χ2v) is 6.39. The summed E-state index contributed by atoms with van der Waals surface area (Å²) in [7, 11) is 5.79. The van der Waals surface area contributed by atoms with Crippen molar-refractivity contribution in [2.45, 2.75) is 13.0 Å². The van der Waals surface area contributed by atoms with Crippen LogP contribution < -0.4 is 5.32 Å². The Hall–Kier alpha value is -1.82. The summed E-state index contributed by atoms with van der Waals surface area (Å²) >= 11 is 3.48. The molecule has 1 aromatic heterocycles. The number of benzene rings is 1. The fourth-order valence-corrected chi connectivity index (χ4v) is 3.01. The molecule has 0 bridgehead atoms. The fraction of sp³-hybridized carbons (Fsp3) is 0.353. The van der Waals surface area contributed by atoms with Crippen molar-refractivity contribution in [2.75, 3.05) is 20.6 Å². The molecular formula is C17H22BrFN4. The average Bonchev–Trinajstić information content (AvgIpc) is 2.81. The molecule has 23 heavy (non-hydrogen) atoms. The van der Waals surface area contributed by atoms with Crippen LogP contribution in [0.15, 0.2) is 46.0 Å². The Morgan fingerprint density at radius 2 is 2.17 bits per heavy atom. The van der Waals surface area contributed by atoms with Gasteiger partial charge in [0.2, 0.25) is 0 Å². The largest absolute Gasteiger partial charge is 0.356 e. The number of aliphatic imine (C=N–C) groups is 1. The van der Waals surface area contributed by atoms with Crippen molar-refractivity contribution in [3.63, 3.8) is 0 Å². The molecule has 1 aromatic carbocycles. The Morgan fingerprint density at radius 1 is 1.39 bits per heavy atom. The van der Waals surface area contributed by atoms with Crippen molar-refractivity contribution in [2.24, 2.45) is 12.0 Å². The van der Waals surface area contributed by atoms with E-state index in [1.54, 1.807) is 19.2 Å². The highest BCUT2D eigenvalue weighted by molar-refractivity contribution is 9.10. The van der Waals surface area contributed by atoms with Gasteiger partial charge < -0.3 is 14.8 Å². The third kappa shape index (κ3) is 5.10. The number of aryl methyl sites for hydroxylation is 1. The van der Waals surface area contributed by atoms with E-state index in [1.807, 2.05) is 26.4 Å². The molecule has 0 saturated heterocycles. The molecule has 0 atom stereocenters. The molecule has 0 spiro atoms. The number of nitrogens with one attached hydrogen (secondary N) is 1. The molecule has 0 aliphatic rings. The van der Waals surface area contributed by atoms with Gasteiger partial charge in [0, 0.05) is 44.1 Å². The van der Waals surface area contributed by atoms with Crippen LogP contribution in [0, 0.1) is 5.82 Å². The van der Waals surface area contributed by atoms with Gasteiger partial charge in [-0.05, 0) is 46.1 Å². The first-order chi connectivity index (χ1) is 11.0. The van der Waals surface area contributed by atoms with Crippen molar-refractivity contribution in [1.29, 1.82) is 0 Å². The third-order valence-corrected chi connectivity index (χ3v) is 4.07. The summed E-state index contributed by atoms with van der Waals surface area (Å²) < 4.78 is 16.3. The molecule has 0 aliphatic carbocycles. The number of hydrogen-bond donors (Lipinski definition) is 1. The van der Waals surface area contributed by atoms with Gasteiger partial charge in [-0.3, -0.25) is 4.99 Å². The minimum absolute atomic E-state index is 0.196. The summed E-state index contributed by atoms with van der Waals surface area (Å²) in [6.45, 7) is 1.46. The number of aromatic nitrogens is 1. The van der Waals surface area contributed by atoms with Crippen molar-refractivity contribution in [3.8, 4) is 0 Å². The molecule has 0 amide bonds. The van der Waals surface area contributed by atoms with E-state index in [9.17, 15) is 4.39 Å². The quantitative estimate of drug-likeness (QED) is 0.638. The molecule has 4 nitrogen and oxygen atoms in total. The van der Waals surface area contributed by atoms with Crippen molar-refractivity contribution in [3.05, 3.63) is 58.1 Å². The van der Waals surface area contributed by atoms with Crippen LogP contribution in [0.2, 0.25) is 0 Å². The van der Waals surface area contributed by atoms with Crippen LogP contribution in [0.3, 0.4) is 0 Å². The highest BCUT2D eigenvalue weighted by Crippen LogP contribution is 2.15. The minimum atomic E-state index is -0.196. The topological polar surface area (TPSA) is 32.6 Å². The lowest BCUT2D eigenvalue weighted by Crippen LogP contribution is -2.39. The van der Waals surface area contributed by atoms with Crippen LogP contribution >= 0.6 is 15.9 Å². The molecule has 124 valence electrons. The number of rotatable bonds is 5. The zero-order valence-electron chi connectivity index (χ0n) is 13.7. The summed E-state index contributed by atoms with van der Waals surface area (Å²) in [5.41, 5.74) is 2.16. The molecule has 6 heteroatoms. The van der Waals surface area contributed by atoms with Gasteiger partial charge >= 0.3 is 0 Å². The van der Waals surface area contributed by atoms with Crippen LogP contribution in [0.5, 0.6) is 0 Å². The van der Waals surface area contributed by atoms with Crippen LogP contribution in [0.25, 0.3) is 0 Å². The van der Waals surface area contributed by atoms with Crippen LogP contribution in [0.4, 0.5) is 4.39 Å². The predicted molar refractivity (Wildman–Crippen MR) is 96.0 cm³/mol. The van der Waals surface area contributed by atoms with E-state index in [2.05, 4.69) is 41.8 Å². The smallest absolute Gasteiger partial charge is 0.193 e. The lowest BCUT2D eigenvalue weighted by molar-refractivity contribution is 0.462. The Labute approximate surface area is 145 Å². The summed E-state index contributed by atoms with van der Waals surface area (Å²) in [4.78, 5) is 6.37. The van der Waals surface area contributed by atoms with Crippen molar-refractivity contribution < 1.29 is 4.39 Å². The minimum Gasteiger partial charge on any atom is -0.356 e. The van der Waals surface area contributed by atoms with Crippen LogP contribution in [0.1, 0.15) is 11.3 Å². The SMILES string of the molecule is CN=C(NCCc1cccc(F)c1)N(C)Cc1cc(Br)cn1C. The molecule has 1 N–H and O–H groups in total. The van der Waals surface area contributed by atoms with E-state index in [1.165, 1.54) is 11.8 Å². The van der Waals surface area contributed by atoms with Gasteiger partial charge in [-0.2, -0.15) is 0 Å². The highest BCUT2D eigenvalue weighted by Gasteiger charge is 2.09. The van der Waals surface area contributed by atoms with Crippen LogP contribution in [-0.4, -0.2) is 36.1 Å². The van der Waals surface area contributed by atoms with Gasteiger partial charge in [0.25, 0.3) is 0 Å². The predicted octanol–water partition coefficient (Wildman–Crippen LogP) is 3.18. The van der Waals surface area contributed by atoms with Gasteiger partial charge in [-0.15, -0.1) is 0 Å². The van der Waals surface area contributed by atoms with Crippen molar-refractivity contribution in [1.82, 2.24) is 14.8 Å². The van der Waals surface area contributed by atoms with E-state index in [0.29, 0.717) is 6.54 Å². The molecule has 0 fully saturated rings. The van der Waals surface area contributed by atoms with Crippen molar-refractivity contribution >= 4 is 21.9 Å². The normalized spacial score (nSPS) is 11.6. The van der Waals surface area contributed by atoms with Crippen LogP contribution in [-0.2, 0) is 20.0 Å². The summed E-state index contributed by atoms with van der Waals surface area (Å²) in [6.07, 6.45) is 2.78. The third-order valence-electron chi connectivity index (χ3n) is 3.63.